The van der Waals surface area contributed by atoms with E-state index in [1.807, 2.05) is 27.1 Å². The van der Waals surface area contributed by atoms with E-state index in [9.17, 15) is 9.90 Å². The van der Waals surface area contributed by atoms with Crippen molar-refractivity contribution in [1.29, 1.82) is 0 Å². The van der Waals surface area contributed by atoms with Gasteiger partial charge in [-0.05, 0) is 52.2 Å². The van der Waals surface area contributed by atoms with Crippen molar-refractivity contribution in [3.63, 3.8) is 0 Å². The number of rotatable bonds is 7. The summed E-state index contributed by atoms with van der Waals surface area (Å²) >= 11 is 3.41. The summed E-state index contributed by atoms with van der Waals surface area (Å²) in [6.45, 7) is 4.69. The number of halogens is 1. The quantitative estimate of drug-likeness (QED) is 0.835. The van der Waals surface area contributed by atoms with Crippen LogP contribution in [0.25, 0.3) is 0 Å². The number of hydrogen-bond acceptors (Lipinski definition) is 3. The summed E-state index contributed by atoms with van der Waals surface area (Å²) in [6, 6.07) is 5.29. The minimum Gasteiger partial charge on any atom is -0.478 e. The standard InChI is InChI=1S/C14H21BrN2O2/c1-4-17(9-5-8-16(2)3)13-10-11(15)6-7-12(13)14(18)19/h6-7,10H,4-5,8-9H2,1-3H3,(H,18,19). The highest BCUT2D eigenvalue weighted by Gasteiger charge is 2.15. The van der Waals surface area contributed by atoms with Crippen LogP contribution in [-0.2, 0) is 0 Å². The predicted molar refractivity (Wildman–Crippen MR) is 82.2 cm³/mol. The summed E-state index contributed by atoms with van der Waals surface area (Å²) < 4.78 is 0.901. The maximum Gasteiger partial charge on any atom is 0.337 e. The molecule has 0 aliphatic rings. The molecule has 5 heteroatoms. The van der Waals surface area contributed by atoms with E-state index in [2.05, 4.69) is 25.7 Å². The lowest BCUT2D eigenvalue weighted by Crippen LogP contribution is -2.28. The fourth-order valence-electron chi connectivity index (χ4n) is 1.97. The lowest BCUT2D eigenvalue weighted by atomic mass is 10.1. The first-order chi connectivity index (χ1) is 8.95. The largest absolute Gasteiger partial charge is 0.478 e. The number of carboxylic acids is 1. The molecule has 0 spiro atoms. The third-order valence-corrected chi connectivity index (χ3v) is 3.44. The maximum absolute atomic E-state index is 11.3. The van der Waals surface area contributed by atoms with Crippen molar-refractivity contribution >= 4 is 27.6 Å². The second kappa shape index (κ2) is 7.50. The van der Waals surface area contributed by atoms with E-state index in [1.54, 1.807) is 12.1 Å². The van der Waals surface area contributed by atoms with Crippen LogP contribution in [0.5, 0.6) is 0 Å². The van der Waals surface area contributed by atoms with Gasteiger partial charge in [0.25, 0.3) is 0 Å². The van der Waals surface area contributed by atoms with Crippen LogP contribution in [0.1, 0.15) is 23.7 Å². The van der Waals surface area contributed by atoms with Gasteiger partial charge in [0.15, 0.2) is 0 Å². The van der Waals surface area contributed by atoms with E-state index in [4.69, 9.17) is 0 Å². The molecule has 0 bridgehead atoms. The average Bonchev–Trinajstić information content (AvgIpc) is 2.33. The monoisotopic (exact) mass is 328 g/mol. The molecule has 19 heavy (non-hydrogen) atoms. The fourth-order valence-corrected chi connectivity index (χ4v) is 2.32. The van der Waals surface area contributed by atoms with Gasteiger partial charge in [-0.15, -0.1) is 0 Å². The Morgan fingerprint density at radius 1 is 1.32 bits per heavy atom. The Hall–Kier alpha value is -1.07. The molecule has 4 nitrogen and oxygen atoms in total. The Morgan fingerprint density at radius 2 is 2.00 bits per heavy atom. The van der Waals surface area contributed by atoms with Gasteiger partial charge in [0.05, 0.1) is 11.3 Å². The fraction of sp³-hybridized carbons (Fsp3) is 0.500. The number of nitrogens with zero attached hydrogens (tertiary/aromatic N) is 2. The lowest BCUT2D eigenvalue weighted by Gasteiger charge is -2.25. The third-order valence-electron chi connectivity index (χ3n) is 2.95. The first kappa shape index (κ1) is 16.0. The Labute approximate surface area is 123 Å². The van der Waals surface area contributed by atoms with Crippen molar-refractivity contribution in [1.82, 2.24) is 4.90 Å². The van der Waals surface area contributed by atoms with Crippen LogP contribution in [0.4, 0.5) is 5.69 Å². The van der Waals surface area contributed by atoms with Gasteiger partial charge in [0.2, 0.25) is 0 Å². The first-order valence-corrected chi connectivity index (χ1v) is 7.17. The van der Waals surface area contributed by atoms with Crippen molar-refractivity contribution in [3.05, 3.63) is 28.2 Å². The van der Waals surface area contributed by atoms with Gasteiger partial charge in [0.1, 0.15) is 0 Å². The molecule has 0 aromatic heterocycles. The Balaban J connectivity index is 2.90. The number of carbonyl (C=O) groups is 1. The van der Waals surface area contributed by atoms with Gasteiger partial charge in [-0.25, -0.2) is 4.79 Å². The van der Waals surface area contributed by atoms with Gasteiger partial charge < -0.3 is 14.9 Å². The number of aromatic carboxylic acids is 1. The zero-order valence-electron chi connectivity index (χ0n) is 11.7. The molecule has 0 amide bonds. The SMILES string of the molecule is CCN(CCCN(C)C)c1cc(Br)ccc1C(=O)O. The molecule has 0 unspecified atom stereocenters. The highest BCUT2D eigenvalue weighted by molar-refractivity contribution is 9.10. The van der Waals surface area contributed by atoms with Crippen LogP contribution in [0.15, 0.2) is 22.7 Å². The van der Waals surface area contributed by atoms with Crippen molar-refractivity contribution in [2.45, 2.75) is 13.3 Å². The molecule has 0 aliphatic carbocycles. The highest BCUT2D eigenvalue weighted by Crippen LogP contribution is 2.25. The van der Waals surface area contributed by atoms with Crippen molar-refractivity contribution in [2.24, 2.45) is 0 Å². The Kier molecular flexibility index (Phi) is 6.31. The predicted octanol–water partition coefficient (Wildman–Crippen LogP) is 2.93. The van der Waals surface area contributed by atoms with Crippen LogP contribution in [0.3, 0.4) is 0 Å². The van der Waals surface area contributed by atoms with Crippen molar-refractivity contribution in [2.75, 3.05) is 38.6 Å². The van der Waals surface area contributed by atoms with Gasteiger partial charge >= 0.3 is 5.97 Å². The van der Waals surface area contributed by atoms with Gasteiger partial charge in [-0.2, -0.15) is 0 Å². The van der Waals surface area contributed by atoms with Gasteiger partial charge in [-0.3, -0.25) is 0 Å². The second-order valence-electron chi connectivity index (χ2n) is 4.70. The zero-order valence-corrected chi connectivity index (χ0v) is 13.3. The summed E-state index contributed by atoms with van der Waals surface area (Å²) in [7, 11) is 4.08. The molecule has 1 rings (SSSR count). The first-order valence-electron chi connectivity index (χ1n) is 6.38. The lowest BCUT2D eigenvalue weighted by molar-refractivity contribution is 0.0697. The average molecular weight is 329 g/mol. The van der Waals surface area contributed by atoms with Crippen LogP contribution in [-0.4, -0.2) is 49.7 Å². The normalized spacial score (nSPS) is 10.8. The minimum atomic E-state index is -0.881. The molecular formula is C14H21BrN2O2. The maximum atomic E-state index is 11.3. The second-order valence-corrected chi connectivity index (χ2v) is 5.62. The van der Waals surface area contributed by atoms with Crippen molar-refractivity contribution in [3.8, 4) is 0 Å². The molecule has 0 radical (unpaired) electrons. The molecule has 1 aromatic rings. The number of benzene rings is 1. The smallest absolute Gasteiger partial charge is 0.337 e. The molecule has 0 heterocycles. The van der Waals surface area contributed by atoms with E-state index < -0.39 is 5.97 Å². The zero-order chi connectivity index (χ0) is 14.4. The summed E-state index contributed by atoms with van der Waals surface area (Å²) in [4.78, 5) is 15.5. The Morgan fingerprint density at radius 3 is 2.53 bits per heavy atom. The van der Waals surface area contributed by atoms with E-state index in [1.165, 1.54) is 0 Å². The highest BCUT2D eigenvalue weighted by atomic mass is 79.9. The van der Waals surface area contributed by atoms with Gasteiger partial charge in [-0.1, -0.05) is 15.9 Å². The van der Waals surface area contributed by atoms with Crippen LogP contribution >= 0.6 is 15.9 Å². The van der Waals surface area contributed by atoms with E-state index in [-0.39, 0.29) is 0 Å². The topological polar surface area (TPSA) is 43.8 Å². The summed E-state index contributed by atoms with van der Waals surface area (Å²) in [6.07, 6.45) is 1.01. The summed E-state index contributed by atoms with van der Waals surface area (Å²) in [5, 5.41) is 9.26. The molecule has 0 atom stereocenters. The van der Waals surface area contributed by atoms with Crippen molar-refractivity contribution < 1.29 is 9.90 Å². The summed E-state index contributed by atoms with van der Waals surface area (Å²) in [5.74, 6) is -0.881. The number of carboxylic acid groups (broad SMARTS) is 1. The van der Waals surface area contributed by atoms with E-state index in [0.29, 0.717) is 5.56 Å². The number of anilines is 1. The molecule has 0 saturated carbocycles. The molecule has 1 N–H and O–H groups in total. The van der Waals surface area contributed by atoms with Gasteiger partial charge in [0, 0.05) is 17.6 Å². The molecule has 106 valence electrons. The van der Waals surface area contributed by atoms with Crippen LogP contribution < -0.4 is 4.90 Å². The molecular weight excluding hydrogens is 308 g/mol. The third kappa shape index (κ3) is 4.84. The molecule has 0 aliphatic heterocycles. The van der Waals surface area contributed by atoms with Crippen LogP contribution in [0.2, 0.25) is 0 Å². The summed E-state index contributed by atoms with van der Waals surface area (Å²) in [5.41, 5.74) is 1.14. The Bertz CT molecular complexity index is 435. The number of hydrogen-bond donors (Lipinski definition) is 1. The molecule has 0 fully saturated rings. The van der Waals surface area contributed by atoms with E-state index >= 15 is 0 Å². The van der Waals surface area contributed by atoms with E-state index in [0.717, 1.165) is 36.2 Å². The molecule has 0 saturated heterocycles. The minimum absolute atomic E-state index is 0.356. The van der Waals surface area contributed by atoms with Crippen LogP contribution in [0, 0.1) is 0 Å². The molecule has 1 aromatic carbocycles.